The molecule has 0 aliphatic carbocycles. The van der Waals surface area contributed by atoms with E-state index in [2.05, 4.69) is 119 Å². The lowest BCUT2D eigenvalue weighted by Gasteiger charge is -2.07. The lowest BCUT2D eigenvalue weighted by Crippen LogP contribution is -2.08. The third-order valence-electron chi connectivity index (χ3n) is 17.8. The summed E-state index contributed by atoms with van der Waals surface area (Å²) in [6, 6.07) is 94.7. The molecular weight excluding hydrogens is 1710 g/mol. The molecule has 18 rings (SSSR count). The zero-order valence-corrected chi connectivity index (χ0v) is 75.1. The number of benzene rings is 10. The van der Waals surface area contributed by atoms with Crippen LogP contribution >= 0.6 is 45.3 Å². The van der Waals surface area contributed by atoms with Gasteiger partial charge in [0, 0.05) is 44.3 Å². The van der Waals surface area contributed by atoms with Gasteiger partial charge in [-0.25, -0.2) is 19.6 Å². The number of thiazole rings is 1. The summed E-state index contributed by atoms with van der Waals surface area (Å²) in [6.07, 6.45) is 24.8. The number of thiophene rings is 3. The van der Waals surface area contributed by atoms with Crippen molar-refractivity contribution in [3.8, 4) is 17.9 Å². The highest BCUT2D eigenvalue weighted by Crippen LogP contribution is 2.28. The standard InChI is InChI=1S/C22H14O3.C13H11NO2.C12H11N.C10H8O.C10H8S.C9H7NO.2C9H7NS.C7H9N.C5H4O2.C5H4OS/c23-14-15-5-6-19-13-21(10-9-18(19)11-15)25-22(24)20-8-7-16-3-1-2-4-17(16)12-20;1-2-11-3-5-12(6-4-11)7-13(8-14)9-16-10-15;1-3-11(9-13)8-12-6-4-10(2)5-7-12;2*1-2-9-7-8-5-3-4-6-10(8)11-9;2*1-2-9-10-7-5-3-4-6-8(7)11-9;1-3-8(10-2)7-9-5-4-6-11-9;1-3-7-5-4-6-8(7)2;2*6-4-5-2-1-3-7-5/h1-14H;2-7,10H,1,9H2;3-8H,1H2,2H3;2*2-7H,1H2;2*2-6H,1H2;3-7H,1H2;3-6H,1H2,2H3;2*1-4H/b;13-7+;11-8-;;;;;8-7-;;;. The Morgan fingerprint density at radius 3 is 1.66 bits per heavy atom. The van der Waals surface area contributed by atoms with Gasteiger partial charge in [-0.05, 0) is 219 Å². The van der Waals surface area contributed by atoms with E-state index in [0.29, 0.717) is 58.1 Å². The first-order chi connectivity index (χ1) is 63.9. The van der Waals surface area contributed by atoms with Crippen LogP contribution in [0.15, 0.2) is 403 Å². The molecule has 20 heteroatoms. The van der Waals surface area contributed by atoms with E-state index in [1.54, 1.807) is 125 Å². The van der Waals surface area contributed by atoms with Crippen LogP contribution in [-0.4, -0.2) is 52.4 Å². The van der Waals surface area contributed by atoms with Gasteiger partial charge in [-0.1, -0.05) is 246 Å². The molecule has 16 nitrogen and oxygen atoms in total. The van der Waals surface area contributed by atoms with Crippen molar-refractivity contribution in [2.75, 3.05) is 6.61 Å². The summed E-state index contributed by atoms with van der Waals surface area (Å²) < 4.78 is 29.9. The molecule has 0 atom stereocenters. The number of aryl methyl sites for hydroxylation is 2. The number of hydrogen-bond donors (Lipinski definition) is 0. The van der Waals surface area contributed by atoms with E-state index in [0.717, 1.165) is 105 Å². The maximum Gasteiger partial charge on any atom is 0.343 e. The molecule has 0 bridgehead atoms. The first-order valence-electron chi connectivity index (χ1n) is 40.0. The van der Waals surface area contributed by atoms with Crippen molar-refractivity contribution >= 4 is 195 Å². The molecule has 0 fully saturated rings. The number of carbonyl (C=O) groups is 5. The number of allylic oxidation sites excluding steroid dienone is 3. The van der Waals surface area contributed by atoms with Gasteiger partial charge < -0.3 is 27.3 Å². The zero-order valence-electron chi connectivity index (χ0n) is 71.9. The minimum atomic E-state index is -0.394. The van der Waals surface area contributed by atoms with E-state index in [-0.39, 0.29) is 6.61 Å². The molecule has 0 spiro atoms. The van der Waals surface area contributed by atoms with Crippen LogP contribution < -0.4 is 4.74 Å². The maximum atomic E-state index is 12.4. The van der Waals surface area contributed by atoms with Crippen LogP contribution in [0.25, 0.3) is 123 Å². The highest BCUT2D eigenvalue weighted by molar-refractivity contribution is 7.20. The van der Waals surface area contributed by atoms with Crippen molar-refractivity contribution in [2.24, 2.45) is 7.05 Å². The third kappa shape index (κ3) is 33.5. The SMILES string of the molecule is C=C/C(C#N)=C/c1ccc(C)cc1.C=Cc1cc2ccccc2o1.C=Cc1cc2ccccc2s1.C=Cc1ccc(/C=C(\C#N)COC=O)cc1.C=Cc1cccn1C.C=Cc1nc2ccccc2o1.C=Cc1nc2ccccc2s1.O=Cc1ccc2cc(OC(=O)c3ccc4ccccc4c3)ccc2c1.O=Cc1ccco1.O=Cc1cccs1.[C-]#[N+]/C(C=C)=C\c1cccs1. The Bertz CT molecular complexity index is 6570. The molecule has 0 unspecified atom stereocenters. The van der Waals surface area contributed by atoms with E-state index in [4.69, 9.17) is 30.7 Å². The van der Waals surface area contributed by atoms with Gasteiger partial charge in [0.25, 0.3) is 6.47 Å². The Hall–Kier alpha value is -16.9. The Labute approximate surface area is 777 Å². The molecule has 0 radical (unpaired) electrons. The van der Waals surface area contributed by atoms with Crippen LogP contribution in [0.2, 0.25) is 0 Å². The van der Waals surface area contributed by atoms with Crippen molar-refractivity contribution in [3.05, 3.63) is 478 Å². The highest BCUT2D eigenvalue weighted by atomic mass is 32.1. The second-order valence-electron chi connectivity index (χ2n) is 26.9. The monoisotopic (exact) mass is 1790 g/mol. The van der Waals surface area contributed by atoms with Gasteiger partial charge >= 0.3 is 5.97 Å². The Morgan fingerprint density at radius 1 is 0.481 bits per heavy atom. The molecule has 0 N–H and O–H groups in total. The molecule has 0 saturated heterocycles. The fourth-order valence-electron chi connectivity index (χ4n) is 11.2. The number of aldehydes is 3. The van der Waals surface area contributed by atoms with Crippen molar-refractivity contribution in [1.82, 2.24) is 14.5 Å². The number of para-hydroxylation sites is 4. The number of nitrogens with zero attached hydrogens (tertiary/aromatic N) is 6. The fourth-order valence-corrected chi connectivity index (χ4v) is 14.1. The second kappa shape index (κ2) is 55.4. The summed E-state index contributed by atoms with van der Waals surface area (Å²) in [4.78, 5) is 67.8. The number of carbonyl (C=O) groups excluding carboxylic acids is 5. The molecule has 0 amide bonds. The Morgan fingerprint density at radius 2 is 1.11 bits per heavy atom. The normalized spacial score (nSPS) is 10.1. The number of aromatic nitrogens is 3. The largest absolute Gasteiger partial charge is 0.462 e. The minimum absolute atomic E-state index is 0.00318. The van der Waals surface area contributed by atoms with Crippen LogP contribution in [0.1, 0.15) is 95.3 Å². The summed E-state index contributed by atoms with van der Waals surface area (Å²) in [5, 5.41) is 28.6. The van der Waals surface area contributed by atoms with E-state index in [1.807, 2.05) is 266 Å². The van der Waals surface area contributed by atoms with Crippen LogP contribution in [0.5, 0.6) is 5.75 Å². The number of fused-ring (bicyclic) bond motifs is 6. The first kappa shape index (κ1) is 99.5. The van der Waals surface area contributed by atoms with Crippen molar-refractivity contribution in [2.45, 2.75) is 6.92 Å². The average Bonchev–Trinajstić information content (AvgIpc) is 1.81. The average molecular weight is 1800 g/mol. The summed E-state index contributed by atoms with van der Waals surface area (Å²) in [7, 11) is 2.00. The number of rotatable bonds is 19. The molecule has 18 aromatic rings. The van der Waals surface area contributed by atoms with Gasteiger partial charge in [0.15, 0.2) is 29.6 Å². The number of ether oxygens (including phenoxy) is 2. The molecule has 0 saturated carbocycles. The van der Waals surface area contributed by atoms with Crippen molar-refractivity contribution in [3.63, 3.8) is 0 Å². The number of oxazole rings is 1. The molecule has 10 aromatic carbocycles. The van der Waals surface area contributed by atoms with Crippen LogP contribution in [0, 0.1) is 36.2 Å². The van der Waals surface area contributed by atoms with E-state index in [1.165, 1.54) is 42.8 Å². The van der Waals surface area contributed by atoms with E-state index in [9.17, 15) is 24.0 Å². The molecule has 0 aliphatic rings. The van der Waals surface area contributed by atoms with E-state index >= 15 is 0 Å². The van der Waals surface area contributed by atoms with Gasteiger partial charge in [-0.2, -0.15) is 10.5 Å². The quantitative estimate of drug-likeness (QED) is 0.0183. The second-order valence-corrected chi connectivity index (χ2v) is 31.0. The Kier molecular flexibility index (Phi) is 42.1. The first-order valence-corrected chi connectivity index (χ1v) is 43.4. The lowest BCUT2D eigenvalue weighted by molar-refractivity contribution is -0.127. The summed E-state index contributed by atoms with van der Waals surface area (Å²) in [6.45, 7) is 38.1. The number of furan rings is 2. The van der Waals surface area contributed by atoms with Crippen LogP contribution in [0.4, 0.5) is 0 Å². The maximum absolute atomic E-state index is 12.4. The van der Waals surface area contributed by atoms with Gasteiger partial charge in [0.1, 0.15) is 40.5 Å². The fraction of sp³-hybridized carbons (Fsp3) is 0.0270. The summed E-state index contributed by atoms with van der Waals surface area (Å²) >= 11 is 6.52. The van der Waals surface area contributed by atoms with Gasteiger partial charge in [0.05, 0.1) is 56.8 Å². The van der Waals surface area contributed by atoms with Crippen LogP contribution in [0.3, 0.4) is 0 Å². The van der Waals surface area contributed by atoms with Crippen molar-refractivity contribution in [1.29, 1.82) is 10.5 Å². The zero-order chi connectivity index (χ0) is 93.8. The minimum Gasteiger partial charge on any atom is -0.462 e. The van der Waals surface area contributed by atoms with Crippen molar-refractivity contribution < 1.29 is 46.7 Å². The Balaban J connectivity index is 0.000000181. The van der Waals surface area contributed by atoms with Gasteiger partial charge in [-0.15, -0.1) is 51.9 Å². The predicted molar refractivity (Wildman–Crippen MR) is 546 cm³/mol. The highest BCUT2D eigenvalue weighted by Gasteiger charge is 2.11. The molecule has 0 aliphatic heterocycles. The third-order valence-corrected chi connectivity index (χ3v) is 21.6. The summed E-state index contributed by atoms with van der Waals surface area (Å²) in [5.41, 5.74) is 11.7. The number of hydrogen-bond acceptors (Lipinski definition) is 18. The molecular formula is C111H90N6O10S4. The lowest BCUT2D eigenvalue weighted by atomic mass is 10.1. The molecule has 648 valence electrons. The molecule has 8 heterocycles. The molecule has 131 heavy (non-hydrogen) atoms. The van der Waals surface area contributed by atoms with Gasteiger partial charge in [0.2, 0.25) is 5.89 Å². The summed E-state index contributed by atoms with van der Waals surface area (Å²) in [5.74, 6) is 1.86. The number of esters is 1. The predicted octanol–water partition coefficient (Wildman–Crippen LogP) is 30.1. The molecule has 8 aromatic heterocycles. The smallest absolute Gasteiger partial charge is 0.343 e. The number of nitriles is 2. The topological polar surface area (TPSA) is 226 Å². The van der Waals surface area contributed by atoms with E-state index < -0.39 is 5.97 Å². The van der Waals surface area contributed by atoms with Gasteiger partial charge in [-0.3, -0.25) is 19.2 Å². The van der Waals surface area contributed by atoms with Crippen LogP contribution in [-0.2, 0) is 16.6 Å².